The van der Waals surface area contributed by atoms with Crippen LogP contribution in [0.1, 0.15) is 40.0 Å². The van der Waals surface area contributed by atoms with E-state index in [0.717, 1.165) is 38.9 Å². The Bertz CT molecular complexity index is 343. The summed E-state index contributed by atoms with van der Waals surface area (Å²) in [6.45, 7) is 9.58. The molecule has 0 bridgehead atoms. The average Bonchev–Trinajstić information content (AvgIpc) is 2.54. The normalized spacial score (nSPS) is 40.5. The maximum Gasteiger partial charge on any atom is 0.226 e. The summed E-state index contributed by atoms with van der Waals surface area (Å²) in [5.41, 5.74) is 6.21. The smallest absolute Gasteiger partial charge is 0.226 e. The van der Waals surface area contributed by atoms with Crippen molar-refractivity contribution in [3.8, 4) is 0 Å². The number of carbonyl (C=O) groups excluding carboxylic acids is 1. The van der Waals surface area contributed by atoms with Crippen LogP contribution < -0.4 is 5.73 Å². The standard InChI is InChI=1S/C16H31N3O/c1-11-8-12(2)15(17)9-14(11)16(20)19-7-5-6-18(4)10-13(19)3/h11-15H,5-10,17H2,1-4H3. The number of nitrogens with two attached hydrogens (primary N) is 1. The summed E-state index contributed by atoms with van der Waals surface area (Å²) in [4.78, 5) is 17.4. The minimum Gasteiger partial charge on any atom is -0.338 e. The molecule has 4 nitrogen and oxygen atoms in total. The summed E-state index contributed by atoms with van der Waals surface area (Å²) in [7, 11) is 2.14. The predicted octanol–water partition coefficient (Wildman–Crippen LogP) is 1.55. The van der Waals surface area contributed by atoms with Gasteiger partial charge in [0.15, 0.2) is 0 Å². The van der Waals surface area contributed by atoms with E-state index >= 15 is 0 Å². The average molecular weight is 281 g/mol. The third-order valence-corrected chi connectivity index (χ3v) is 5.33. The number of likely N-dealkylation sites (N-methyl/N-ethyl adjacent to an activating group) is 1. The second-order valence-corrected chi connectivity index (χ2v) is 7.19. The minimum atomic E-state index is 0.132. The SMILES string of the molecule is CC1CC(C)C(C(=O)N2CCCN(C)CC2C)CC1N. The molecule has 2 N–H and O–H groups in total. The fourth-order valence-electron chi connectivity index (χ4n) is 3.94. The number of nitrogens with zero attached hydrogens (tertiary/aromatic N) is 2. The third kappa shape index (κ3) is 3.34. The zero-order valence-electron chi connectivity index (χ0n) is 13.5. The van der Waals surface area contributed by atoms with Crippen molar-refractivity contribution in [2.75, 3.05) is 26.7 Å². The first kappa shape index (κ1) is 15.8. The van der Waals surface area contributed by atoms with Gasteiger partial charge in [-0.2, -0.15) is 0 Å². The van der Waals surface area contributed by atoms with Crippen LogP contribution in [0.3, 0.4) is 0 Å². The van der Waals surface area contributed by atoms with Gasteiger partial charge in [-0.05, 0) is 51.6 Å². The fourth-order valence-corrected chi connectivity index (χ4v) is 3.94. The zero-order valence-corrected chi connectivity index (χ0v) is 13.5. The number of carbonyl (C=O) groups is 1. The van der Waals surface area contributed by atoms with Gasteiger partial charge in [-0.1, -0.05) is 13.8 Å². The largest absolute Gasteiger partial charge is 0.338 e. The van der Waals surface area contributed by atoms with E-state index in [0.29, 0.717) is 23.8 Å². The fraction of sp³-hybridized carbons (Fsp3) is 0.938. The molecule has 1 saturated heterocycles. The predicted molar refractivity (Wildman–Crippen MR) is 82.3 cm³/mol. The first-order valence-corrected chi connectivity index (χ1v) is 8.14. The van der Waals surface area contributed by atoms with Crippen LogP contribution in [0.25, 0.3) is 0 Å². The molecule has 0 radical (unpaired) electrons. The molecular weight excluding hydrogens is 250 g/mol. The van der Waals surface area contributed by atoms with Gasteiger partial charge in [0.05, 0.1) is 0 Å². The second-order valence-electron chi connectivity index (χ2n) is 7.19. The van der Waals surface area contributed by atoms with E-state index in [1.165, 1.54) is 0 Å². The summed E-state index contributed by atoms with van der Waals surface area (Å²) in [6, 6.07) is 0.503. The lowest BCUT2D eigenvalue weighted by atomic mass is 9.72. The highest BCUT2D eigenvalue weighted by Gasteiger charge is 2.38. The summed E-state index contributed by atoms with van der Waals surface area (Å²) in [5, 5.41) is 0. The van der Waals surface area contributed by atoms with Gasteiger partial charge >= 0.3 is 0 Å². The minimum absolute atomic E-state index is 0.132. The molecule has 1 aliphatic heterocycles. The molecule has 5 unspecified atom stereocenters. The van der Waals surface area contributed by atoms with Crippen molar-refractivity contribution in [2.45, 2.75) is 52.1 Å². The van der Waals surface area contributed by atoms with Gasteiger partial charge in [-0.25, -0.2) is 0 Å². The van der Waals surface area contributed by atoms with Gasteiger partial charge in [0.1, 0.15) is 0 Å². The third-order valence-electron chi connectivity index (χ3n) is 5.33. The molecule has 5 atom stereocenters. The van der Waals surface area contributed by atoms with Gasteiger partial charge < -0.3 is 15.5 Å². The molecule has 1 heterocycles. The Morgan fingerprint density at radius 3 is 2.50 bits per heavy atom. The van der Waals surface area contributed by atoms with Crippen molar-refractivity contribution in [2.24, 2.45) is 23.5 Å². The van der Waals surface area contributed by atoms with Crippen LogP contribution in [-0.4, -0.2) is 54.5 Å². The van der Waals surface area contributed by atoms with Crippen molar-refractivity contribution < 1.29 is 4.79 Å². The van der Waals surface area contributed by atoms with E-state index in [1.54, 1.807) is 0 Å². The molecule has 0 aromatic heterocycles. The van der Waals surface area contributed by atoms with Gasteiger partial charge in [0.2, 0.25) is 5.91 Å². The van der Waals surface area contributed by atoms with Gasteiger partial charge in [0.25, 0.3) is 0 Å². The second kappa shape index (κ2) is 6.44. The summed E-state index contributed by atoms with van der Waals surface area (Å²) < 4.78 is 0. The van der Waals surface area contributed by atoms with Crippen LogP contribution in [0.4, 0.5) is 0 Å². The summed E-state index contributed by atoms with van der Waals surface area (Å²) in [6.07, 6.45) is 3.02. The van der Waals surface area contributed by atoms with Crippen LogP contribution in [-0.2, 0) is 4.79 Å². The highest BCUT2D eigenvalue weighted by atomic mass is 16.2. The van der Waals surface area contributed by atoms with Crippen molar-refractivity contribution >= 4 is 5.91 Å². The molecule has 2 fully saturated rings. The first-order valence-electron chi connectivity index (χ1n) is 8.14. The first-order chi connectivity index (χ1) is 9.40. The molecule has 1 amide bonds. The highest BCUT2D eigenvalue weighted by molar-refractivity contribution is 5.79. The van der Waals surface area contributed by atoms with E-state index in [4.69, 9.17) is 5.73 Å². The molecule has 1 aliphatic carbocycles. The Morgan fingerprint density at radius 1 is 1.10 bits per heavy atom. The molecule has 20 heavy (non-hydrogen) atoms. The van der Waals surface area contributed by atoms with Gasteiger partial charge in [0, 0.05) is 31.1 Å². The summed E-state index contributed by atoms with van der Waals surface area (Å²) >= 11 is 0. The molecule has 1 saturated carbocycles. The van der Waals surface area contributed by atoms with Crippen LogP contribution in [0, 0.1) is 17.8 Å². The Morgan fingerprint density at radius 2 is 1.80 bits per heavy atom. The van der Waals surface area contributed by atoms with E-state index in [1.807, 2.05) is 0 Å². The van der Waals surface area contributed by atoms with Crippen LogP contribution in [0.5, 0.6) is 0 Å². The molecule has 0 aromatic carbocycles. The number of hydrogen-bond acceptors (Lipinski definition) is 3. The molecule has 2 rings (SSSR count). The van der Waals surface area contributed by atoms with Crippen molar-refractivity contribution in [3.05, 3.63) is 0 Å². The van der Waals surface area contributed by atoms with Gasteiger partial charge in [-0.3, -0.25) is 4.79 Å². The van der Waals surface area contributed by atoms with Gasteiger partial charge in [-0.15, -0.1) is 0 Å². The molecule has 0 spiro atoms. The molecule has 116 valence electrons. The Balaban J connectivity index is 2.05. The van der Waals surface area contributed by atoms with Crippen molar-refractivity contribution in [3.63, 3.8) is 0 Å². The van der Waals surface area contributed by atoms with Crippen LogP contribution in [0.15, 0.2) is 0 Å². The zero-order chi connectivity index (χ0) is 14.9. The lowest BCUT2D eigenvalue weighted by molar-refractivity contribution is -0.140. The summed E-state index contributed by atoms with van der Waals surface area (Å²) in [5.74, 6) is 1.49. The molecule has 2 aliphatic rings. The quantitative estimate of drug-likeness (QED) is 0.793. The van der Waals surface area contributed by atoms with Crippen molar-refractivity contribution in [1.82, 2.24) is 9.80 Å². The van der Waals surface area contributed by atoms with E-state index in [2.05, 4.69) is 37.6 Å². The Labute approximate surface area is 123 Å². The maximum absolute atomic E-state index is 12.9. The monoisotopic (exact) mass is 281 g/mol. The number of hydrogen-bond donors (Lipinski definition) is 1. The lowest BCUT2D eigenvalue weighted by Gasteiger charge is -2.40. The van der Waals surface area contributed by atoms with Crippen molar-refractivity contribution in [1.29, 1.82) is 0 Å². The molecular formula is C16H31N3O. The molecule has 4 heteroatoms. The lowest BCUT2D eigenvalue weighted by Crippen LogP contribution is -2.50. The highest BCUT2D eigenvalue weighted by Crippen LogP contribution is 2.34. The van der Waals surface area contributed by atoms with E-state index in [9.17, 15) is 4.79 Å². The van der Waals surface area contributed by atoms with Crippen LogP contribution >= 0.6 is 0 Å². The van der Waals surface area contributed by atoms with Crippen LogP contribution in [0.2, 0.25) is 0 Å². The topological polar surface area (TPSA) is 49.6 Å². The Kier molecular flexibility index (Phi) is 5.08. The van der Waals surface area contributed by atoms with E-state index in [-0.39, 0.29) is 12.0 Å². The maximum atomic E-state index is 12.9. The Hall–Kier alpha value is -0.610. The number of rotatable bonds is 1. The molecule has 0 aromatic rings. The number of amides is 1. The van der Waals surface area contributed by atoms with E-state index < -0.39 is 0 Å².